The second-order valence-corrected chi connectivity index (χ2v) is 3.67. The maximum Gasteiger partial charge on any atom is 0.451 e. The van der Waals surface area contributed by atoms with Gasteiger partial charge in [-0.1, -0.05) is 6.42 Å². The first-order valence-electron chi connectivity index (χ1n) is 4.75. The Bertz CT molecular complexity index is 357. The lowest BCUT2D eigenvalue weighted by Crippen LogP contribution is -2.35. The number of carbonyl (C=O) groups is 1. The van der Waals surface area contributed by atoms with Crippen molar-refractivity contribution < 1.29 is 18.0 Å². The molecule has 1 heterocycles. The van der Waals surface area contributed by atoms with Crippen molar-refractivity contribution in [1.29, 1.82) is 0 Å². The average molecular weight is 218 g/mol. The fraction of sp³-hybridized carbons (Fsp3) is 0.667. The van der Waals surface area contributed by atoms with E-state index in [9.17, 15) is 18.0 Å². The van der Waals surface area contributed by atoms with Crippen LogP contribution in [0.25, 0.3) is 0 Å². The minimum absolute atomic E-state index is 0.355. The van der Waals surface area contributed by atoms with Crippen molar-refractivity contribution in [3.8, 4) is 0 Å². The minimum Gasteiger partial charge on any atom is -0.272 e. The van der Waals surface area contributed by atoms with Crippen LogP contribution in [0, 0.1) is 5.92 Å². The molecule has 0 spiro atoms. The minimum atomic E-state index is -4.62. The van der Waals surface area contributed by atoms with Gasteiger partial charge in [-0.05, 0) is 19.3 Å². The molecule has 1 saturated carbocycles. The van der Waals surface area contributed by atoms with Gasteiger partial charge < -0.3 is 0 Å². The Kier molecular flexibility index (Phi) is 2.36. The van der Waals surface area contributed by atoms with Crippen LogP contribution >= 0.6 is 0 Å². The lowest BCUT2D eigenvalue weighted by molar-refractivity contribution is -0.120. The first-order chi connectivity index (χ1) is 6.98. The summed E-state index contributed by atoms with van der Waals surface area (Å²) >= 11 is 0. The van der Waals surface area contributed by atoms with Crippen molar-refractivity contribution in [3.05, 3.63) is 0 Å². The van der Waals surface area contributed by atoms with Crippen molar-refractivity contribution >= 4 is 17.5 Å². The highest BCUT2D eigenvalue weighted by Crippen LogP contribution is 2.29. The molecule has 1 aliphatic heterocycles. The lowest BCUT2D eigenvalue weighted by Gasteiger charge is -2.24. The molecule has 2 rings (SSSR count). The molecule has 1 atom stereocenters. The summed E-state index contributed by atoms with van der Waals surface area (Å²) in [6, 6.07) is 0. The van der Waals surface area contributed by atoms with Crippen molar-refractivity contribution in [2.75, 3.05) is 0 Å². The summed E-state index contributed by atoms with van der Waals surface area (Å²) in [6.07, 6.45) is -1.91. The van der Waals surface area contributed by atoms with Gasteiger partial charge in [0.15, 0.2) is 0 Å². The van der Waals surface area contributed by atoms with E-state index >= 15 is 0 Å². The molecule has 1 aliphatic carbocycles. The smallest absolute Gasteiger partial charge is 0.272 e. The molecule has 82 valence electrons. The summed E-state index contributed by atoms with van der Waals surface area (Å²) in [6.45, 7) is 0. The molecule has 1 unspecified atom stereocenters. The zero-order valence-electron chi connectivity index (χ0n) is 7.84. The van der Waals surface area contributed by atoms with E-state index in [1.807, 2.05) is 0 Å². The SMILES string of the molecule is O=C1N=C(C(F)(F)F)N=C2CCCCC12. The van der Waals surface area contributed by atoms with Crippen LogP contribution in [0.2, 0.25) is 0 Å². The van der Waals surface area contributed by atoms with Gasteiger partial charge in [0, 0.05) is 5.71 Å². The largest absolute Gasteiger partial charge is 0.451 e. The predicted octanol–water partition coefficient (Wildman–Crippen LogP) is 2.12. The fourth-order valence-electron chi connectivity index (χ4n) is 1.87. The molecular formula is C9H9F3N2O. The van der Waals surface area contributed by atoms with E-state index in [1.165, 1.54) is 0 Å². The first kappa shape index (κ1) is 10.3. The van der Waals surface area contributed by atoms with Crippen LogP contribution in [0.3, 0.4) is 0 Å². The Morgan fingerprint density at radius 2 is 1.93 bits per heavy atom. The number of amides is 1. The Morgan fingerprint density at radius 3 is 2.60 bits per heavy atom. The number of aliphatic imine (C=N–C) groups is 2. The predicted molar refractivity (Wildman–Crippen MR) is 47.9 cm³/mol. The van der Waals surface area contributed by atoms with Gasteiger partial charge in [0.05, 0.1) is 5.92 Å². The standard InChI is InChI=1S/C9H9F3N2O/c10-9(11,12)8-13-6-4-2-1-3-5(6)7(15)14-8/h5H,1-4H2. The van der Waals surface area contributed by atoms with E-state index in [-0.39, 0.29) is 0 Å². The fourth-order valence-corrected chi connectivity index (χ4v) is 1.87. The number of nitrogens with zero attached hydrogens (tertiary/aromatic N) is 2. The maximum absolute atomic E-state index is 12.3. The van der Waals surface area contributed by atoms with Crippen LogP contribution < -0.4 is 0 Å². The van der Waals surface area contributed by atoms with Gasteiger partial charge in [-0.2, -0.15) is 18.2 Å². The van der Waals surface area contributed by atoms with Crippen LogP contribution in [-0.2, 0) is 4.79 Å². The molecule has 0 aromatic heterocycles. The summed E-state index contributed by atoms with van der Waals surface area (Å²) in [4.78, 5) is 17.8. The highest BCUT2D eigenvalue weighted by atomic mass is 19.4. The second-order valence-electron chi connectivity index (χ2n) is 3.67. The van der Waals surface area contributed by atoms with Gasteiger partial charge in [-0.3, -0.25) is 4.79 Å². The van der Waals surface area contributed by atoms with Crippen molar-refractivity contribution in [2.24, 2.45) is 15.9 Å². The second kappa shape index (κ2) is 3.43. The third-order valence-electron chi connectivity index (χ3n) is 2.60. The normalized spacial score (nSPS) is 26.9. The topological polar surface area (TPSA) is 41.8 Å². The molecule has 0 saturated heterocycles. The van der Waals surface area contributed by atoms with Crippen LogP contribution in [0.15, 0.2) is 9.98 Å². The molecule has 2 aliphatic rings. The van der Waals surface area contributed by atoms with Crippen molar-refractivity contribution in [3.63, 3.8) is 0 Å². The molecule has 0 N–H and O–H groups in total. The summed E-state index contributed by atoms with van der Waals surface area (Å²) in [5.74, 6) is -2.47. The molecule has 1 amide bonds. The Balaban J connectivity index is 2.32. The number of rotatable bonds is 0. The van der Waals surface area contributed by atoms with E-state index in [4.69, 9.17) is 0 Å². The molecular weight excluding hydrogens is 209 g/mol. The van der Waals surface area contributed by atoms with Crippen LogP contribution in [0.5, 0.6) is 0 Å². The monoisotopic (exact) mass is 218 g/mol. The highest BCUT2D eigenvalue weighted by Gasteiger charge is 2.41. The van der Waals surface area contributed by atoms with Gasteiger partial charge in [-0.15, -0.1) is 0 Å². The quantitative estimate of drug-likeness (QED) is 0.614. The van der Waals surface area contributed by atoms with E-state index in [0.717, 1.165) is 12.8 Å². The molecule has 0 aromatic carbocycles. The number of alkyl halides is 3. The van der Waals surface area contributed by atoms with Crippen LogP contribution in [-0.4, -0.2) is 23.6 Å². The number of hydrogen-bond donors (Lipinski definition) is 0. The molecule has 1 fully saturated rings. The van der Waals surface area contributed by atoms with Gasteiger partial charge >= 0.3 is 6.18 Å². The molecule has 0 bridgehead atoms. The maximum atomic E-state index is 12.3. The summed E-state index contributed by atoms with van der Waals surface area (Å²) < 4.78 is 36.8. The number of amidine groups is 1. The number of fused-ring (bicyclic) bond motifs is 1. The van der Waals surface area contributed by atoms with Gasteiger partial charge in [0.2, 0.25) is 5.84 Å². The number of carbonyl (C=O) groups excluding carboxylic acids is 1. The van der Waals surface area contributed by atoms with Crippen LogP contribution in [0.4, 0.5) is 13.2 Å². The van der Waals surface area contributed by atoms with Crippen molar-refractivity contribution in [1.82, 2.24) is 0 Å². The first-order valence-corrected chi connectivity index (χ1v) is 4.75. The third kappa shape index (κ3) is 1.93. The summed E-state index contributed by atoms with van der Waals surface area (Å²) in [5.41, 5.74) is 0.355. The van der Waals surface area contributed by atoms with E-state index in [2.05, 4.69) is 9.98 Å². The zero-order valence-corrected chi connectivity index (χ0v) is 7.84. The average Bonchev–Trinajstić information content (AvgIpc) is 2.16. The van der Waals surface area contributed by atoms with Gasteiger partial charge in [0.1, 0.15) is 0 Å². The van der Waals surface area contributed by atoms with Crippen molar-refractivity contribution in [2.45, 2.75) is 31.9 Å². The molecule has 0 radical (unpaired) electrons. The van der Waals surface area contributed by atoms with Gasteiger partial charge in [-0.25, -0.2) is 4.99 Å². The van der Waals surface area contributed by atoms with E-state index < -0.39 is 23.8 Å². The number of hydrogen-bond acceptors (Lipinski definition) is 2. The molecule has 3 nitrogen and oxygen atoms in total. The Labute approximate surface area is 84.1 Å². The van der Waals surface area contributed by atoms with E-state index in [0.29, 0.717) is 18.6 Å². The molecule has 0 aromatic rings. The lowest BCUT2D eigenvalue weighted by atomic mass is 9.86. The van der Waals surface area contributed by atoms with Crippen LogP contribution in [0.1, 0.15) is 25.7 Å². The highest BCUT2D eigenvalue weighted by molar-refractivity contribution is 6.17. The van der Waals surface area contributed by atoms with Gasteiger partial charge in [0.25, 0.3) is 5.91 Å². The molecule has 6 heteroatoms. The summed E-state index contributed by atoms with van der Waals surface area (Å²) in [7, 11) is 0. The van der Waals surface area contributed by atoms with E-state index in [1.54, 1.807) is 0 Å². The Hall–Kier alpha value is -1.20. The number of halogens is 3. The third-order valence-corrected chi connectivity index (χ3v) is 2.60. The zero-order chi connectivity index (χ0) is 11.1. The Morgan fingerprint density at radius 1 is 1.20 bits per heavy atom. The molecule has 15 heavy (non-hydrogen) atoms. The summed E-state index contributed by atoms with van der Waals surface area (Å²) in [5, 5.41) is 0.